The minimum atomic E-state index is 0.00135. The zero-order chi connectivity index (χ0) is 12.5. The van der Waals surface area contributed by atoms with Crippen molar-refractivity contribution in [2.45, 2.75) is 38.5 Å². The third-order valence-electron chi connectivity index (χ3n) is 4.16. The molecule has 2 fully saturated rings. The molecule has 3 heteroatoms. The number of rotatable bonds is 2. The molecule has 96 valence electrons. The Balaban J connectivity index is 1.88. The lowest BCUT2D eigenvalue weighted by atomic mass is 9.92. The topological polar surface area (TPSA) is 29.5 Å². The van der Waals surface area contributed by atoms with Crippen LogP contribution in [0.4, 0.5) is 0 Å². The molecule has 0 N–H and O–H groups in total. The first kappa shape index (κ1) is 11.7. The van der Waals surface area contributed by atoms with E-state index < -0.39 is 0 Å². The maximum atomic E-state index is 12.2. The van der Waals surface area contributed by atoms with E-state index >= 15 is 0 Å². The van der Waals surface area contributed by atoms with Crippen LogP contribution in [0.3, 0.4) is 0 Å². The molecule has 18 heavy (non-hydrogen) atoms. The van der Waals surface area contributed by atoms with Gasteiger partial charge in [0.2, 0.25) is 5.91 Å². The maximum Gasteiger partial charge on any atom is 0.225 e. The lowest BCUT2D eigenvalue weighted by molar-refractivity contribution is -0.147. The fourth-order valence-corrected chi connectivity index (χ4v) is 3.12. The Labute approximate surface area is 108 Å². The molecule has 3 atom stereocenters. The van der Waals surface area contributed by atoms with Crippen molar-refractivity contribution in [2.75, 3.05) is 6.61 Å². The lowest BCUT2D eigenvalue weighted by Gasteiger charge is -2.37. The van der Waals surface area contributed by atoms with Crippen LogP contribution >= 0.6 is 0 Å². The zero-order valence-electron chi connectivity index (χ0n) is 10.7. The Bertz CT molecular complexity index is 431. The summed E-state index contributed by atoms with van der Waals surface area (Å²) in [6, 6.07) is 10.3. The monoisotopic (exact) mass is 245 g/mol. The van der Waals surface area contributed by atoms with Crippen molar-refractivity contribution in [2.24, 2.45) is 5.92 Å². The molecule has 0 bridgehead atoms. The normalized spacial score (nSPS) is 31.5. The van der Waals surface area contributed by atoms with Crippen LogP contribution in [0.1, 0.15) is 37.8 Å². The Morgan fingerprint density at radius 2 is 2.11 bits per heavy atom. The van der Waals surface area contributed by atoms with Gasteiger partial charge >= 0.3 is 0 Å². The molecule has 0 aliphatic carbocycles. The van der Waals surface area contributed by atoms with Crippen LogP contribution in [0.25, 0.3) is 0 Å². The average molecular weight is 245 g/mol. The van der Waals surface area contributed by atoms with E-state index in [0.29, 0.717) is 18.9 Å². The van der Waals surface area contributed by atoms with Crippen molar-refractivity contribution < 1.29 is 9.53 Å². The highest BCUT2D eigenvalue weighted by Crippen LogP contribution is 2.39. The third kappa shape index (κ3) is 1.83. The van der Waals surface area contributed by atoms with Crippen LogP contribution < -0.4 is 0 Å². The molecular weight excluding hydrogens is 226 g/mol. The van der Waals surface area contributed by atoms with E-state index in [4.69, 9.17) is 4.74 Å². The molecule has 3 nitrogen and oxygen atoms in total. The minimum absolute atomic E-state index is 0.00135. The molecule has 2 aliphatic rings. The average Bonchev–Trinajstić information content (AvgIpc) is 2.86. The summed E-state index contributed by atoms with van der Waals surface area (Å²) < 4.78 is 5.90. The van der Waals surface area contributed by atoms with Gasteiger partial charge in [-0.3, -0.25) is 4.79 Å². The number of amides is 1. The van der Waals surface area contributed by atoms with Crippen LogP contribution in [-0.4, -0.2) is 23.6 Å². The second kappa shape index (κ2) is 4.73. The number of benzene rings is 1. The SMILES string of the molecule is CC[C@H]1CCC(=O)N2[C@@H](c3ccccc3)CO[C@H]12. The third-order valence-corrected chi connectivity index (χ3v) is 4.16. The van der Waals surface area contributed by atoms with E-state index in [2.05, 4.69) is 19.1 Å². The first-order valence-electron chi connectivity index (χ1n) is 6.79. The first-order chi connectivity index (χ1) is 8.81. The molecule has 1 aromatic carbocycles. The van der Waals surface area contributed by atoms with Gasteiger partial charge in [0.15, 0.2) is 0 Å². The first-order valence-corrected chi connectivity index (χ1v) is 6.79. The van der Waals surface area contributed by atoms with Gasteiger partial charge in [0.25, 0.3) is 0 Å². The van der Waals surface area contributed by atoms with E-state index in [1.54, 1.807) is 0 Å². The molecule has 0 unspecified atom stereocenters. The fourth-order valence-electron chi connectivity index (χ4n) is 3.12. The Morgan fingerprint density at radius 1 is 1.33 bits per heavy atom. The van der Waals surface area contributed by atoms with E-state index in [-0.39, 0.29) is 18.2 Å². The highest BCUT2D eigenvalue weighted by atomic mass is 16.5. The predicted octanol–water partition coefficient (Wildman–Crippen LogP) is 2.73. The Kier molecular flexibility index (Phi) is 3.08. The van der Waals surface area contributed by atoms with Gasteiger partial charge in [0.1, 0.15) is 6.23 Å². The number of hydrogen-bond donors (Lipinski definition) is 0. The van der Waals surface area contributed by atoms with Crippen LogP contribution in [0, 0.1) is 5.92 Å². The predicted molar refractivity (Wildman–Crippen MR) is 68.8 cm³/mol. The summed E-state index contributed by atoms with van der Waals surface area (Å²) in [5, 5.41) is 0. The number of fused-ring (bicyclic) bond motifs is 1. The number of carbonyl (C=O) groups excluding carboxylic acids is 1. The van der Waals surface area contributed by atoms with Gasteiger partial charge in [0, 0.05) is 12.3 Å². The molecule has 0 aromatic heterocycles. The van der Waals surface area contributed by atoms with Crippen molar-refractivity contribution in [3.05, 3.63) is 35.9 Å². The highest BCUT2D eigenvalue weighted by molar-refractivity contribution is 5.78. The van der Waals surface area contributed by atoms with E-state index in [1.165, 1.54) is 5.56 Å². The Morgan fingerprint density at radius 3 is 2.83 bits per heavy atom. The van der Waals surface area contributed by atoms with Crippen LogP contribution in [-0.2, 0) is 9.53 Å². The second-order valence-corrected chi connectivity index (χ2v) is 5.16. The molecule has 0 radical (unpaired) electrons. The number of nitrogens with zero attached hydrogens (tertiary/aromatic N) is 1. The van der Waals surface area contributed by atoms with Crippen molar-refractivity contribution in [3.8, 4) is 0 Å². The standard InChI is InChI=1S/C15H19NO2/c1-2-11-8-9-14(17)16-13(10-18-15(11)16)12-6-4-3-5-7-12/h3-7,11,13,15H,2,8-10H2,1H3/t11-,13+,15+/m0/s1. The molecule has 3 rings (SSSR count). The van der Waals surface area contributed by atoms with Gasteiger partial charge in [-0.25, -0.2) is 0 Å². The summed E-state index contributed by atoms with van der Waals surface area (Å²) in [6.45, 7) is 2.81. The second-order valence-electron chi connectivity index (χ2n) is 5.16. The molecule has 2 heterocycles. The Hall–Kier alpha value is -1.35. The van der Waals surface area contributed by atoms with E-state index in [1.807, 2.05) is 23.1 Å². The van der Waals surface area contributed by atoms with Gasteiger partial charge in [0.05, 0.1) is 12.6 Å². The van der Waals surface area contributed by atoms with E-state index in [9.17, 15) is 4.79 Å². The summed E-state index contributed by atoms with van der Waals surface area (Å²) in [6.07, 6.45) is 2.72. The molecule has 2 aliphatic heterocycles. The van der Waals surface area contributed by atoms with Crippen LogP contribution in [0.2, 0.25) is 0 Å². The van der Waals surface area contributed by atoms with Crippen molar-refractivity contribution in [3.63, 3.8) is 0 Å². The van der Waals surface area contributed by atoms with Crippen molar-refractivity contribution in [1.29, 1.82) is 0 Å². The molecular formula is C15H19NO2. The van der Waals surface area contributed by atoms with Crippen LogP contribution in [0.5, 0.6) is 0 Å². The van der Waals surface area contributed by atoms with Crippen molar-refractivity contribution in [1.82, 2.24) is 4.90 Å². The quantitative estimate of drug-likeness (QED) is 0.801. The number of piperidine rings is 1. The van der Waals surface area contributed by atoms with E-state index in [0.717, 1.165) is 12.8 Å². The molecule has 1 amide bonds. The van der Waals surface area contributed by atoms with Gasteiger partial charge in [-0.2, -0.15) is 0 Å². The minimum Gasteiger partial charge on any atom is -0.355 e. The summed E-state index contributed by atoms with van der Waals surface area (Å²) in [7, 11) is 0. The molecule has 0 spiro atoms. The highest BCUT2D eigenvalue weighted by Gasteiger charge is 2.44. The molecule has 1 aromatic rings. The van der Waals surface area contributed by atoms with Crippen LogP contribution in [0.15, 0.2) is 30.3 Å². The zero-order valence-corrected chi connectivity index (χ0v) is 10.7. The van der Waals surface area contributed by atoms with Crippen molar-refractivity contribution >= 4 is 5.91 Å². The molecule has 2 saturated heterocycles. The van der Waals surface area contributed by atoms with Gasteiger partial charge in [-0.05, 0) is 18.4 Å². The number of ether oxygens (including phenoxy) is 1. The summed E-state index contributed by atoms with van der Waals surface area (Å²) >= 11 is 0. The number of carbonyl (C=O) groups is 1. The summed E-state index contributed by atoms with van der Waals surface area (Å²) in [4.78, 5) is 14.1. The van der Waals surface area contributed by atoms with Gasteiger partial charge < -0.3 is 9.64 Å². The van der Waals surface area contributed by atoms with Gasteiger partial charge in [-0.15, -0.1) is 0 Å². The number of hydrogen-bond acceptors (Lipinski definition) is 2. The van der Waals surface area contributed by atoms with Gasteiger partial charge in [-0.1, -0.05) is 37.3 Å². The molecule has 0 saturated carbocycles. The summed E-state index contributed by atoms with van der Waals surface area (Å²) in [5.74, 6) is 0.743. The summed E-state index contributed by atoms with van der Waals surface area (Å²) in [5.41, 5.74) is 1.19. The largest absolute Gasteiger partial charge is 0.355 e. The fraction of sp³-hybridized carbons (Fsp3) is 0.533. The smallest absolute Gasteiger partial charge is 0.225 e. The maximum absolute atomic E-state index is 12.2. The lowest BCUT2D eigenvalue weighted by Crippen LogP contribution is -2.46.